The molecule has 0 spiro atoms. The van der Waals surface area contributed by atoms with Crippen molar-refractivity contribution < 1.29 is 19.5 Å². The first-order valence-electron chi connectivity index (χ1n) is 4.55. The third-order valence-corrected chi connectivity index (χ3v) is 2.05. The molecule has 0 heterocycles. The smallest absolute Gasteiger partial charge is 0.322 e. The summed E-state index contributed by atoms with van der Waals surface area (Å²) in [5, 5.41) is 15.2. The monoisotopic (exact) mass is 249 g/mol. The van der Waals surface area contributed by atoms with Crippen molar-refractivity contribution in [3.05, 3.63) is 0 Å². The molecule has 0 aromatic rings. The predicted molar refractivity (Wildman–Crippen MR) is 60.4 cm³/mol. The van der Waals surface area contributed by atoms with E-state index in [0.717, 1.165) is 5.75 Å². The quantitative estimate of drug-likeness (QED) is 0.426. The van der Waals surface area contributed by atoms with E-state index in [1.807, 2.05) is 6.26 Å². The molecule has 0 bridgehead atoms. The minimum atomic E-state index is -1.13. The number of carbonyl (C=O) groups excluding carboxylic acids is 2. The number of rotatable bonds is 7. The number of nitrogens with one attached hydrogen (secondary N) is 3. The molecule has 0 saturated heterocycles. The number of aliphatic carboxylic acids is 1. The molecule has 7 nitrogen and oxygen atoms in total. The molecule has 3 amide bonds. The van der Waals surface area contributed by atoms with Gasteiger partial charge in [-0.05, 0) is 6.26 Å². The lowest BCUT2D eigenvalue weighted by Crippen LogP contribution is -2.43. The van der Waals surface area contributed by atoms with Crippen LogP contribution in [0.1, 0.15) is 0 Å². The molecule has 0 radical (unpaired) electrons. The topological polar surface area (TPSA) is 108 Å². The number of urea groups is 1. The molecule has 92 valence electrons. The summed E-state index contributed by atoms with van der Waals surface area (Å²) in [6.45, 7) is -0.170. The molecular weight excluding hydrogens is 234 g/mol. The maximum Gasteiger partial charge on any atom is 0.322 e. The third kappa shape index (κ3) is 9.13. The van der Waals surface area contributed by atoms with Crippen molar-refractivity contribution in [2.24, 2.45) is 0 Å². The molecule has 4 N–H and O–H groups in total. The van der Waals surface area contributed by atoms with E-state index in [2.05, 4.69) is 16.0 Å². The zero-order chi connectivity index (χ0) is 12.4. The van der Waals surface area contributed by atoms with Gasteiger partial charge in [0.15, 0.2) is 0 Å². The van der Waals surface area contributed by atoms with Crippen molar-refractivity contribution in [2.75, 3.05) is 31.6 Å². The fourth-order valence-corrected chi connectivity index (χ4v) is 1.03. The number of thioether (sulfide) groups is 1. The molecule has 0 unspecified atom stereocenters. The first kappa shape index (κ1) is 14.6. The normalized spacial score (nSPS) is 9.31. The van der Waals surface area contributed by atoms with Crippen LogP contribution >= 0.6 is 11.8 Å². The fraction of sp³-hybridized carbons (Fsp3) is 0.625. The predicted octanol–water partition coefficient (Wildman–Crippen LogP) is -1.15. The van der Waals surface area contributed by atoms with Crippen LogP contribution in [-0.2, 0) is 9.59 Å². The Morgan fingerprint density at radius 3 is 2.38 bits per heavy atom. The van der Waals surface area contributed by atoms with E-state index in [4.69, 9.17) is 5.11 Å². The minimum Gasteiger partial charge on any atom is -0.480 e. The lowest BCUT2D eigenvalue weighted by molar-refractivity contribution is -0.137. The van der Waals surface area contributed by atoms with Crippen LogP contribution in [0.2, 0.25) is 0 Å². The van der Waals surface area contributed by atoms with Crippen LogP contribution < -0.4 is 16.0 Å². The molecule has 0 fully saturated rings. The van der Waals surface area contributed by atoms with Gasteiger partial charge in [0.1, 0.15) is 6.54 Å². The van der Waals surface area contributed by atoms with Crippen LogP contribution in [0.4, 0.5) is 4.79 Å². The van der Waals surface area contributed by atoms with Gasteiger partial charge in [-0.3, -0.25) is 9.59 Å². The van der Waals surface area contributed by atoms with Gasteiger partial charge in [-0.1, -0.05) is 0 Å². The van der Waals surface area contributed by atoms with E-state index < -0.39 is 24.5 Å². The Kier molecular flexibility index (Phi) is 8.04. The van der Waals surface area contributed by atoms with Crippen molar-refractivity contribution in [1.82, 2.24) is 16.0 Å². The van der Waals surface area contributed by atoms with Gasteiger partial charge in [0.25, 0.3) is 0 Å². The Morgan fingerprint density at radius 1 is 1.12 bits per heavy atom. The first-order chi connectivity index (χ1) is 7.56. The highest BCUT2D eigenvalue weighted by Crippen LogP contribution is 1.86. The van der Waals surface area contributed by atoms with Crippen LogP contribution in [0.25, 0.3) is 0 Å². The molecule has 0 aromatic carbocycles. The number of amides is 3. The molecule has 0 aliphatic rings. The van der Waals surface area contributed by atoms with Gasteiger partial charge in [0.2, 0.25) is 5.91 Å². The number of hydrogen-bond donors (Lipinski definition) is 4. The van der Waals surface area contributed by atoms with Crippen molar-refractivity contribution in [1.29, 1.82) is 0 Å². The van der Waals surface area contributed by atoms with E-state index in [0.29, 0.717) is 6.54 Å². The summed E-state index contributed by atoms with van der Waals surface area (Å²) in [4.78, 5) is 32.1. The van der Waals surface area contributed by atoms with Crippen LogP contribution in [0, 0.1) is 0 Å². The summed E-state index contributed by atoms with van der Waals surface area (Å²) in [6, 6.07) is -0.445. The third-order valence-electron chi connectivity index (χ3n) is 1.44. The lowest BCUT2D eigenvalue weighted by Gasteiger charge is -2.06. The Hall–Kier alpha value is -1.44. The molecule has 16 heavy (non-hydrogen) atoms. The summed E-state index contributed by atoms with van der Waals surface area (Å²) in [5.74, 6) is -0.876. The standard InChI is InChI=1S/C8H15N3O4S/c1-16-3-2-9-8(15)11-4-6(12)10-5-7(13)14/h2-5H2,1H3,(H,10,12)(H,13,14)(H2,9,11,15). The Morgan fingerprint density at radius 2 is 1.81 bits per heavy atom. The molecule has 0 saturated carbocycles. The highest BCUT2D eigenvalue weighted by atomic mass is 32.2. The molecule has 8 heteroatoms. The van der Waals surface area contributed by atoms with E-state index in [1.54, 1.807) is 11.8 Å². The maximum atomic E-state index is 11.0. The Labute approximate surface area is 97.3 Å². The van der Waals surface area contributed by atoms with Gasteiger partial charge in [-0.25, -0.2) is 4.79 Å². The van der Waals surface area contributed by atoms with Gasteiger partial charge >= 0.3 is 12.0 Å². The van der Waals surface area contributed by atoms with Crippen molar-refractivity contribution in [2.45, 2.75) is 0 Å². The minimum absolute atomic E-state index is 0.238. The second kappa shape index (κ2) is 8.84. The number of carbonyl (C=O) groups is 3. The van der Waals surface area contributed by atoms with Crippen molar-refractivity contribution in [3.8, 4) is 0 Å². The van der Waals surface area contributed by atoms with Crippen LogP contribution in [0.3, 0.4) is 0 Å². The molecule has 0 rings (SSSR count). The number of carboxylic acid groups (broad SMARTS) is 1. The average molecular weight is 249 g/mol. The van der Waals surface area contributed by atoms with Crippen LogP contribution in [0.5, 0.6) is 0 Å². The highest BCUT2D eigenvalue weighted by Gasteiger charge is 2.05. The zero-order valence-corrected chi connectivity index (χ0v) is 9.73. The molecule has 0 aliphatic heterocycles. The summed E-state index contributed by atoms with van der Waals surface area (Å²) in [7, 11) is 0. The first-order valence-corrected chi connectivity index (χ1v) is 5.94. The summed E-state index contributed by atoms with van der Waals surface area (Å²) in [5.41, 5.74) is 0. The fourth-order valence-electron chi connectivity index (χ4n) is 0.726. The SMILES string of the molecule is CSCCNC(=O)NCC(=O)NCC(=O)O. The highest BCUT2D eigenvalue weighted by molar-refractivity contribution is 7.98. The van der Waals surface area contributed by atoms with Crippen LogP contribution in [0.15, 0.2) is 0 Å². The van der Waals surface area contributed by atoms with E-state index in [-0.39, 0.29) is 6.54 Å². The number of hydrogen-bond acceptors (Lipinski definition) is 4. The largest absolute Gasteiger partial charge is 0.480 e. The molecule has 0 aromatic heterocycles. The van der Waals surface area contributed by atoms with Crippen LogP contribution in [-0.4, -0.2) is 54.7 Å². The van der Waals surface area contributed by atoms with Gasteiger partial charge in [-0.2, -0.15) is 11.8 Å². The van der Waals surface area contributed by atoms with E-state index in [1.165, 1.54) is 0 Å². The second-order valence-electron chi connectivity index (χ2n) is 2.77. The summed E-state index contributed by atoms with van der Waals surface area (Å²) >= 11 is 1.59. The van der Waals surface area contributed by atoms with E-state index >= 15 is 0 Å². The summed E-state index contributed by atoms with van der Waals surface area (Å²) in [6.07, 6.45) is 1.92. The van der Waals surface area contributed by atoms with Gasteiger partial charge in [-0.15, -0.1) is 0 Å². The maximum absolute atomic E-state index is 11.0. The zero-order valence-electron chi connectivity index (χ0n) is 8.91. The molecule has 0 atom stereocenters. The van der Waals surface area contributed by atoms with E-state index in [9.17, 15) is 14.4 Å². The van der Waals surface area contributed by atoms with Crippen molar-refractivity contribution >= 4 is 29.7 Å². The van der Waals surface area contributed by atoms with Gasteiger partial charge in [0, 0.05) is 12.3 Å². The average Bonchev–Trinajstić information content (AvgIpc) is 2.24. The molecule has 0 aliphatic carbocycles. The van der Waals surface area contributed by atoms with Gasteiger partial charge in [0.05, 0.1) is 6.54 Å². The van der Waals surface area contributed by atoms with Gasteiger partial charge < -0.3 is 21.1 Å². The summed E-state index contributed by atoms with van der Waals surface area (Å²) < 4.78 is 0. The number of carboxylic acids is 1. The second-order valence-corrected chi connectivity index (χ2v) is 3.76. The Bertz CT molecular complexity index is 260. The van der Waals surface area contributed by atoms with Crippen molar-refractivity contribution in [3.63, 3.8) is 0 Å². The lowest BCUT2D eigenvalue weighted by atomic mass is 10.5. The molecular formula is C8H15N3O4S. The Balaban J connectivity index is 3.51.